The fraction of sp³-hybridized carbons (Fsp3) is 0.0952. The molecule has 3 aromatic carbocycles. The van der Waals surface area contributed by atoms with Crippen LogP contribution in [0.25, 0.3) is 27.1 Å². The van der Waals surface area contributed by atoms with Gasteiger partial charge in [0.2, 0.25) is 4.96 Å². The first-order valence-corrected chi connectivity index (χ1v) is 9.46. The van der Waals surface area contributed by atoms with Crippen molar-refractivity contribution in [3.63, 3.8) is 0 Å². The highest BCUT2D eigenvalue weighted by molar-refractivity contribution is 7.16. The van der Waals surface area contributed by atoms with Crippen molar-refractivity contribution in [2.45, 2.75) is 6.42 Å². The Hall–Kier alpha value is -3.25. The largest absolute Gasteiger partial charge is 0.496 e. The Morgan fingerprint density at radius 3 is 2.67 bits per heavy atom. The van der Waals surface area contributed by atoms with Crippen LogP contribution >= 0.6 is 11.3 Å². The van der Waals surface area contributed by atoms with E-state index < -0.39 is 0 Å². The van der Waals surface area contributed by atoms with E-state index in [2.05, 4.69) is 52.7 Å². The van der Waals surface area contributed by atoms with Gasteiger partial charge in [0.1, 0.15) is 10.8 Å². The second-order valence-electron chi connectivity index (χ2n) is 6.23. The van der Waals surface area contributed by atoms with Gasteiger partial charge in [-0.05, 0) is 28.5 Å². The predicted octanol–water partition coefficient (Wildman–Crippen LogP) is 4.61. The molecule has 2 heterocycles. The summed E-state index contributed by atoms with van der Waals surface area (Å²) in [6.45, 7) is 0. The molecule has 0 saturated carbocycles. The Balaban J connectivity index is 1.57. The van der Waals surface area contributed by atoms with Crippen LogP contribution in [-0.4, -0.2) is 26.9 Å². The van der Waals surface area contributed by atoms with Gasteiger partial charge in [0.25, 0.3) is 0 Å². The van der Waals surface area contributed by atoms with Crippen LogP contribution in [-0.2, 0) is 6.42 Å². The molecular formula is C21H16N4OS. The summed E-state index contributed by atoms with van der Waals surface area (Å²) in [5, 5.41) is 16.9. The molecule has 132 valence electrons. The monoisotopic (exact) mass is 372 g/mol. The normalized spacial score (nSPS) is 11.3. The molecule has 27 heavy (non-hydrogen) atoms. The average Bonchev–Trinajstić information content (AvgIpc) is 3.28. The molecule has 0 radical (unpaired) electrons. The van der Waals surface area contributed by atoms with Gasteiger partial charge in [-0.15, -0.1) is 10.2 Å². The fourth-order valence-corrected chi connectivity index (χ4v) is 4.19. The third kappa shape index (κ3) is 2.74. The van der Waals surface area contributed by atoms with Gasteiger partial charge < -0.3 is 4.74 Å². The molecule has 5 aromatic rings. The molecule has 0 aliphatic heterocycles. The van der Waals surface area contributed by atoms with Crippen molar-refractivity contribution in [3.05, 3.63) is 77.3 Å². The summed E-state index contributed by atoms with van der Waals surface area (Å²) < 4.78 is 7.27. The molecule has 5 rings (SSSR count). The van der Waals surface area contributed by atoms with Crippen LogP contribution in [0.2, 0.25) is 0 Å². The molecular weight excluding hydrogens is 356 g/mol. The molecule has 0 spiro atoms. The zero-order valence-electron chi connectivity index (χ0n) is 14.7. The lowest BCUT2D eigenvalue weighted by molar-refractivity contribution is 0.416. The summed E-state index contributed by atoms with van der Waals surface area (Å²) in [6.07, 6.45) is 0.765. The number of hydrogen-bond acceptors (Lipinski definition) is 5. The summed E-state index contributed by atoms with van der Waals surface area (Å²) >= 11 is 1.57. The van der Waals surface area contributed by atoms with Gasteiger partial charge in [-0.2, -0.15) is 9.61 Å². The summed E-state index contributed by atoms with van der Waals surface area (Å²) in [7, 11) is 1.66. The van der Waals surface area contributed by atoms with Crippen molar-refractivity contribution in [3.8, 4) is 17.1 Å². The molecule has 0 unspecified atom stereocenters. The van der Waals surface area contributed by atoms with Gasteiger partial charge in [0.05, 0.1) is 12.7 Å². The first kappa shape index (κ1) is 16.0. The van der Waals surface area contributed by atoms with Crippen molar-refractivity contribution in [1.82, 2.24) is 19.8 Å². The first-order chi connectivity index (χ1) is 13.3. The number of fused-ring (bicyclic) bond motifs is 2. The maximum Gasteiger partial charge on any atom is 0.234 e. The first-order valence-electron chi connectivity index (χ1n) is 8.64. The van der Waals surface area contributed by atoms with E-state index in [0.717, 1.165) is 27.7 Å². The van der Waals surface area contributed by atoms with E-state index in [-0.39, 0.29) is 0 Å². The highest BCUT2D eigenvalue weighted by Crippen LogP contribution is 2.30. The lowest BCUT2D eigenvalue weighted by Gasteiger charge is -2.05. The van der Waals surface area contributed by atoms with Gasteiger partial charge in [-0.25, -0.2) is 0 Å². The average molecular weight is 372 g/mol. The number of methoxy groups -OCH3 is 1. The van der Waals surface area contributed by atoms with E-state index in [1.807, 2.05) is 28.8 Å². The minimum absolute atomic E-state index is 0.697. The standard InChI is InChI=1S/C21H16N4OS/c1-26-18-12-5-4-11-17(18)20-22-23-21-25(20)24-19(27-21)13-15-9-6-8-14-7-2-3-10-16(14)15/h2-12H,13H2,1H3. The molecule has 6 heteroatoms. The summed E-state index contributed by atoms with van der Waals surface area (Å²) in [5.41, 5.74) is 2.14. The summed E-state index contributed by atoms with van der Waals surface area (Å²) in [5.74, 6) is 1.46. The minimum Gasteiger partial charge on any atom is -0.496 e. The van der Waals surface area contributed by atoms with Crippen LogP contribution in [0.4, 0.5) is 0 Å². The molecule has 0 aliphatic rings. The fourth-order valence-electron chi connectivity index (χ4n) is 3.33. The smallest absolute Gasteiger partial charge is 0.234 e. The van der Waals surface area contributed by atoms with Crippen molar-refractivity contribution in [1.29, 1.82) is 0 Å². The van der Waals surface area contributed by atoms with Crippen molar-refractivity contribution in [2.24, 2.45) is 0 Å². The molecule has 0 aliphatic carbocycles. The summed E-state index contributed by atoms with van der Waals surface area (Å²) in [4.78, 5) is 0.783. The van der Waals surface area contributed by atoms with Crippen LogP contribution in [0.1, 0.15) is 10.6 Å². The lowest BCUT2D eigenvalue weighted by atomic mass is 10.0. The number of benzene rings is 3. The second-order valence-corrected chi connectivity index (χ2v) is 7.27. The van der Waals surface area contributed by atoms with Gasteiger partial charge in [0.15, 0.2) is 5.82 Å². The molecule has 0 saturated heterocycles. The van der Waals surface area contributed by atoms with Crippen molar-refractivity contribution in [2.75, 3.05) is 7.11 Å². The third-order valence-electron chi connectivity index (χ3n) is 4.60. The quantitative estimate of drug-likeness (QED) is 0.462. The Labute approximate surface area is 159 Å². The van der Waals surface area contributed by atoms with E-state index >= 15 is 0 Å². The molecule has 0 fully saturated rings. The highest BCUT2D eigenvalue weighted by atomic mass is 32.1. The maximum atomic E-state index is 5.46. The summed E-state index contributed by atoms with van der Waals surface area (Å²) in [6, 6.07) is 22.6. The number of rotatable bonds is 4. The molecule has 5 nitrogen and oxygen atoms in total. The van der Waals surface area contributed by atoms with E-state index in [4.69, 9.17) is 9.84 Å². The number of nitrogens with zero attached hydrogens (tertiary/aromatic N) is 4. The topological polar surface area (TPSA) is 52.3 Å². The van der Waals surface area contributed by atoms with E-state index in [9.17, 15) is 0 Å². The molecule has 0 bridgehead atoms. The third-order valence-corrected chi connectivity index (χ3v) is 5.50. The van der Waals surface area contributed by atoms with Gasteiger partial charge in [-0.3, -0.25) is 0 Å². The molecule has 0 amide bonds. The Bertz CT molecular complexity index is 1250. The van der Waals surface area contributed by atoms with Crippen LogP contribution < -0.4 is 4.74 Å². The highest BCUT2D eigenvalue weighted by Gasteiger charge is 2.17. The lowest BCUT2D eigenvalue weighted by Crippen LogP contribution is -1.96. The van der Waals surface area contributed by atoms with E-state index in [1.54, 1.807) is 18.4 Å². The number of hydrogen-bond donors (Lipinski definition) is 0. The number of aromatic nitrogens is 4. The Morgan fingerprint density at radius 2 is 1.74 bits per heavy atom. The molecule has 0 N–H and O–H groups in total. The van der Waals surface area contributed by atoms with Crippen LogP contribution in [0, 0.1) is 0 Å². The SMILES string of the molecule is COc1ccccc1-c1nnc2sc(Cc3cccc4ccccc34)nn12. The number of para-hydroxylation sites is 1. The predicted molar refractivity (Wildman–Crippen MR) is 107 cm³/mol. The Morgan fingerprint density at radius 1 is 0.926 bits per heavy atom. The zero-order valence-corrected chi connectivity index (χ0v) is 15.5. The molecule has 0 atom stereocenters. The van der Waals surface area contributed by atoms with Gasteiger partial charge in [-0.1, -0.05) is 65.9 Å². The van der Waals surface area contributed by atoms with E-state index in [1.165, 1.54) is 16.3 Å². The van der Waals surface area contributed by atoms with Crippen molar-refractivity contribution < 1.29 is 4.74 Å². The molecule has 2 aromatic heterocycles. The van der Waals surface area contributed by atoms with Crippen LogP contribution in [0.5, 0.6) is 5.75 Å². The van der Waals surface area contributed by atoms with E-state index in [0.29, 0.717) is 5.82 Å². The zero-order chi connectivity index (χ0) is 18.2. The minimum atomic E-state index is 0.697. The second kappa shape index (κ2) is 6.48. The van der Waals surface area contributed by atoms with Gasteiger partial charge in [0, 0.05) is 6.42 Å². The van der Waals surface area contributed by atoms with Crippen molar-refractivity contribution >= 4 is 27.1 Å². The Kier molecular flexibility index (Phi) is 3.83. The van der Waals surface area contributed by atoms with Gasteiger partial charge >= 0.3 is 0 Å². The van der Waals surface area contributed by atoms with Crippen LogP contribution in [0.15, 0.2) is 66.7 Å². The number of ether oxygens (including phenoxy) is 1. The maximum absolute atomic E-state index is 5.46. The van der Waals surface area contributed by atoms with Crippen LogP contribution in [0.3, 0.4) is 0 Å².